The van der Waals surface area contributed by atoms with Gasteiger partial charge in [-0.1, -0.05) is 53.9 Å². The van der Waals surface area contributed by atoms with Gasteiger partial charge in [0, 0.05) is 16.1 Å². The first kappa shape index (κ1) is 16.5. The summed E-state index contributed by atoms with van der Waals surface area (Å²) in [4.78, 5) is 12.1. The van der Waals surface area contributed by atoms with Crippen molar-refractivity contribution in [3.63, 3.8) is 0 Å². The zero-order valence-corrected chi connectivity index (χ0v) is 14.5. The van der Waals surface area contributed by atoms with E-state index in [-0.39, 0.29) is 11.9 Å². The molecule has 1 amide bonds. The van der Waals surface area contributed by atoms with Gasteiger partial charge >= 0.3 is 0 Å². The number of amides is 1. The molecule has 1 saturated carbocycles. The monoisotopic (exact) mass is 353 g/mol. The average molecular weight is 354 g/mol. The van der Waals surface area contributed by atoms with Gasteiger partial charge in [-0.25, -0.2) is 0 Å². The van der Waals surface area contributed by atoms with Crippen LogP contribution in [-0.2, 0) is 4.79 Å². The molecule has 0 spiro atoms. The lowest BCUT2D eigenvalue weighted by molar-refractivity contribution is -0.682. The molecule has 1 aliphatic rings. The standard InChI is InChI=1S/C17H25BrN2O/c1-12-7-3-6-10-16(12)20-17(21)11-19-13(2)14-8-4-5-9-15(14)18/h4-5,8-9,12-13,16,19H,3,6-7,10-11H2,1-2H3,(H,20,21)/p+1/t12-,13+,16-/m1/s1. The molecule has 0 saturated heterocycles. The van der Waals surface area contributed by atoms with Crippen LogP contribution in [0, 0.1) is 5.92 Å². The number of carbonyl (C=O) groups is 1. The van der Waals surface area contributed by atoms with Crippen molar-refractivity contribution in [3.8, 4) is 0 Å². The molecule has 21 heavy (non-hydrogen) atoms. The minimum Gasteiger partial charge on any atom is -0.348 e. The van der Waals surface area contributed by atoms with Crippen LogP contribution < -0.4 is 10.6 Å². The number of nitrogens with one attached hydrogen (secondary N) is 1. The molecule has 0 unspecified atom stereocenters. The fourth-order valence-corrected chi connectivity index (χ4v) is 3.70. The van der Waals surface area contributed by atoms with Crippen LogP contribution in [0.5, 0.6) is 0 Å². The van der Waals surface area contributed by atoms with E-state index < -0.39 is 0 Å². The van der Waals surface area contributed by atoms with Crippen LogP contribution in [0.3, 0.4) is 0 Å². The number of hydrogen-bond donors (Lipinski definition) is 2. The molecule has 3 N–H and O–H groups in total. The third kappa shape index (κ3) is 4.82. The van der Waals surface area contributed by atoms with Crippen LogP contribution in [-0.4, -0.2) is 18.5 Å². The van der Waals surface area contributed by atoms with E-state index in [1.54, 1.807) is 0 Å². The summed E-state index contributed by atoms with van der Waals surface area (Å²) < 4.78 is 1.11. The molecule has 0 heterocycles. The number of nitrogens with two attached hydrogens (primary N) is 1. The molecule has 1 fully saturated rings. The maximum absolute atomic E-state index is 12.1. The van der Waals surface area contributed by atoms with Crippen LogP contribution in [0.15, 0.2) is 28.7 Å². The second kappa shape index (κ2) is 7.95. The first-order valence-electron chi connectivity index (χ1n) is 7.95. The molecular formula is C17H26BrN2O+. The van der Waals surface area contributed by atoms with Crippen molar-refractivity contribution in [1.29, 1.82) is 0 Å². The summed E-state index contributed by atoms with van der Waals surface area (Å²) in [6, 6.07) is 8.84. The maximum Gasteiger partial charge on any atom is 0.275 e. The van der Waals surface area contributed by atoms with Gasteiger partial charge in [0.2, 0.25) is 0 Å². The predicted molar refractivity (Wildman–Crippen MR) is 88.9 cm³/mol. The molecule has 1 aromatic carbocycles. The second-order valence-corrected chi connectivity index (χ2v) is 7.04. The molecular weight excluding hydrogens is 328 g/mol. The van der Waals surface area contributed by atoms with Crippen molar-refractivity contribution in [1.82, 2.24) is 5.32 Å². The highest BCUT2D eigenvalue weighted by molar-refractivity contribution is 9.10. The quantitative estimate of drug-likeness (QED) is 0.839. The summed E-state index contributed by atoms with van der Waals surface area (Å²) in [5.74, 6) is 0.774. The van der Waals surface area contributed by atoms with Gasteiger partial charge in [-0.3, -0.25) is 4.79 Å². The number of quaternary nitrogens is 1. The predicted octanol–water partition coefficient (Wildman–Crippen LogP) is 2.77. The zero-order valence-electron chi connectivity index (χ0n) is 12.9. The summed E-state index contributed by atoms with van der Waals surface area (Å²) in [5.41, 5.74) is 1.23. The molecule has 116 valence electrons. The Kier molecular flexibility index (Phi) is 6.24. The molecule has 3 atom stereocenters. The highest BCUT2D eigenvalue weighted by atomic mass is 79.9. The molecule has 0 aliphatic heterocycles. The fraction of sp³-hybridized carbons (Fsp3) is 0.588. The highest BCUT2D eigenvalue weighted by Crippen LogP contribution is 2.23. The smallest absolute Gasteiger partial charge is 0.275 e. The topological polar surface area (TPSA) is 45.7 Å². The second-order valence-electron chi connectivity index (χ2n) is 6.19. The molecule has 1 aliphatic carbocycles. The van der Waals surface area contributed by atoms with Crippen LogP contribution in [0.2, 0.25) is 0 Å². The highest BCUT2D eigenvalue weighted by Gasteiger charge is 2.23. The zero-order chi connectivity index (χ0) is 15.2. The Labute approximate surface area is 136 Å². The molecule has 0 aromatic heterocycles. The SMILES string of the molecule is C[C@H]([NH2+]CC(=O)N[C@@H]1CCCC[C@H]1C)c1ccccc1Br. The van der Waals surface area contributed by atoms with Crippen molar-refractivity contribution in [2.45, 2.75) is 51.6 Å². The molecule has 2 rings (SSSR count). The number of halogens is 1. The molecule has 0 radical (unpaired) electrons. The first-order chi connectivity index (χ1) is 10.1. The number of carbonyl (C=O) groups excluding carboxylic acids is 1. The van der Waals surface area contributed by atoms with Crippen LogP contribution >= 0.6 is 15.9 Å². The van der Waals surface area contributed by atoms with Gasteiger partial charge in [-0.15, -0.1) is 0 Å². The minimum absolute atomic E-state index is 0.160. The maximum atomic E-state index is 12.1. The van der Waals surface area contributed by atoms with E-state index in [1.165, 1.54) is 24.8 Å². The largest absolute Gasteiger partial charge is 0.348 e. The van der Waals surface area contributed by atoms with E-state index in [0.29, 0.717) is 18.5 Å². The Morgan fingerprint density at radius 2 is 2.10 bits per heavy atom. The van der Waals surface area contributed by atoms with Crippen molar-refractivity contribution < 1.29 is 10.1 Å². The normalized spacial score (nSPS) is 23.6. The van der Waals surface area contributed by atoms with Gasteiger partial charge in [0.05, 0.1) is 0 Å². The van der Waals surface area contributed by atoms with Gasteiger partial charge in [0.25, 0.3) is 5.91 Å². The Morgan fingerprint density at radius 3 is 2.81 bits per heavy atom. The van der Waals surface area contributed by atoms with Gasteiger partial charge in [-0.2, -0.15) is 0 Å². The summed E-state index contributed by atoms with van der Waals surface area (Å²) >= 11 is 3.57. The molecule has 3 nitrogen and oxygen atoms in total. The third-order valence-electron chi connectivity index (χ3n) is 4.51. The van der Waals surface area contributed by atoms with Crippen LogP contribution in [0.1, 0.15) is 51.1 Å². The summed E-state index contributed by atoms with van der Waals surface area (Å²) in [5, 5.41) is 5.31. The lowest BCUT2D eigenvalue weighted by atomic mass is 9.86. The third-order valence-corrected chi connectivity index (χ3v) is 5.23. The van der Waals surface area contributed by atoms with Gasteiger partial charge in [0.1, 0.15) is 6.04 Å². The van der Waals surface area contributed by atoms with Crippen LogP contribution in [0.4, 0.5) is 0 Å². The van der Waals surface area contributed by atoms with Crippen molar-refractivity contribution in [3.05, 3.63) is 34.3 Å². The first-order valence-corrected chi connectivity index (χ1v) is 8.74. The number of benzene rings is 1. The summed E-state index contributed by atoms with van der Waals surface area (Å²) in [6.07, 6.45) is 4.92. The van der Waals surface area contributed by atoms with E-state index in [0.717, 1.165) is 10.9 Å². The van der Waals surface area contributed by atoms with Crippen molar-refractivity contribution in [2.24, 2.45) is 5.92 Å². The van der Waals surface area contributed by atoms with Crippen LogP contribution in [0.25, 0.3) is 0 Å². The fourth-order valence-electron chi connectivity index (χ4n) is 3.05. The van der Waals surface area contributed by atoms with Gasteiger partial charge < -0.3 is 10.6 Å². The molecule has 0 bridgehead atoms. The minimum atomic E-state index is 0.160. The Bertz CT molecular complexity index is 478. The van der Waals surface area contributed by atoms with E-state index in [1.807, 2.05) is 18.2 Å². The van der Waals surface area contributed by atoms with E-state index in [9.17, 15) is 4.79 Å². The number of rotatable bonds is 5. The van der Waals surface area contributed by atoms with Crippen molar-refractivity contribution >= 4 is 21.8 Å². The number of hydrogen-bond acceptors (Lipinski definition) is 1. The lowest BCUT2D eigenvalue weighted by Crippen LogP contribution is -2.87. The van der Waals surface area contributed by atoms with E-state index in [4.69, 9.17) is 0 Å². The molecule has 1 aromatic rings. The lowest BCUT2D eigenvalue weighted by Gasteiger charge is -2.29. The Morgan fingerprint density at radius 1 is 1.38 bits per heavy atom. The van der Waals surface area contributed by atoms with Gasteiger partial charge in [0.15, 0.2) is 6.54 Å². The van der Waals surface area contributed by atoms with E-state index in [2.05, 4.69) is 46.5 Å². The molecule has 4 heteroatoms. The van der Waals surface area contributed by atoms with Gasteiger partial charge in [-0.05, 0) is 31.7 Å². The average Bonchev–Trinajstić information content (AvgIpc) is 2.48. The summed E-state index contributed by atoms with van der Waals surface area (Å²) in [7, 11) is 0. The van der Waals surface area contributed by atoms with Crippen molar-refractivity contribution in [2.75, 3.05) is 6.54 Å². The Balaban J connectivity index is 1.79. The summed E-state index contributed by atoms with van der Waals surface area (Å²) in [6.45, 7) is 4.87. The van der Waals surface area contributed by atoms with E-state index >= 15 is 0 Å². The Hall–Kier alpha value is -0.870.